The molecule has 1 aromatic rings. The quantitative estimate of drug-likeness (QED) is 0.858. The van der Waals surface area contributed by atoms with Crippen LogP contribution in [-0.4, -0.2) is 45.2 Å². The number of carboxylic acid groups (broad SMARTS) is 1. The van der Waals surface area contributed by atoms with E-state index in [1.54, 1.807) is 6.92 Å². The minimum Gasteiger partial charge on any atom is -0.507 e. The zero-order valence-corrected chi connectivity index (χ0v) is 15.2. The first-order chi connectivity index (χ1) is 11.7. The number of hydrogen-bond acceptors (Lipinski definition) is 4. The molecule has 6 heteroatoms. The third-order valence-corrected chi connectivity index (χ3v) is 5.77. The maximum atomic E-state index is 13.1. The van der Waals surface area contributed by atoms with Gasteiger partial charge in [-0.25, -0.2) is 4.79 Å². The Hall–Kier alpha value is -2.24. The molecule has 6 nitrogen and oxygen atoms in total. The molecule has 0 aromatic heterocycles. The number of phenols is 1. The molecule has 2 heterocycles. The molecule has 0 radical (unpaired) electrons. The fourth-order valence-corrected chi connectivity index (χ4v) is 3.97. The fraction of sp³-hybridized carbons (Fsp3) is 0.579. The Morgan fingerprint density at radius 1 is 1.20 bits per heavy atom. The highest BCUT2D eigenvalue weighted by Crippen LogP contribution is 2.44. The fourth-order valence-electron chi connectivity index (χ4n) is 3.97. The van der Waals surface area contributed by atoms with Crippen LogP contribution in [0.25, 0.3) is 0 Å². The number of hydrogen-bond donors (Lipinski definition) is 2. The number of carbonyl (C=O) groups excluding carboxylic acids is 1. The number of phenolic OH excluding ortho intramolecular Hbond substituents is 1. The van der Waals surface area contributed by atoms with Crippen LogP contribution in [0.3, 0.4) is 0 Å². The summed E-state index contributed by atoms with van der Waals surface area (Å²) in [6.07, 6.45) is 2.26. The summed E-state index contributed by atoms with van der Waals surface area (Å²) in [7, 11) is 0. The lowest BCUT2D eigenvalue weighted by molar-refractivity contribution is -0.156. The van der Waals surface area contributed by atoms with Gasteiger partial charge in [0.25, 0.3) is 5.91 Å². The van der Waals surface area contributed by atoms with Crippen molar-refractivity contribution in [1.82, 2.24) is 4.90 Å². The molecule has 2 aliphatic heterocycles. The Morgan fingerprint density at radius 3 is 2.52 bits per heavy atom. The second-order valence-corrected chi connectivity index (χ2v) is 7.36. The molecule has 25 heavy (non-hydrogen) atoms. The topological polar surface area (TPSA) is 87.1 Å². The number of carboxylic acids is 1. The minimum absolute atomic E-state index is 0.258. The van der Waals surface area contributed by atoms with Gasteiger partial charge in [-0.05, 0) is 63.6 Å². The lowest BCUT2D eigenvalue weighted by atomic mass is 9.86. The highest BCUT2D eigenvalue weighted by atomic mass is 16.5. The highest BCUT2D eigenvalue weighted by molar-refractivity contribution is 5.90. The van der Waals surface area contributed by atoms with E-state index in [-0.39, 0.29) is 11.7 Å². The van der Waals surface area contributed by atoms with Gasteiger partial charge in [-0.3, -0.25) is 4.79 Å². The number of likely N-dealkylation sites (tertiary alicyclic amines) is 1. The van der Waals surface area contributed by atoms with Crippen LogP contribution in [0.2, 0.25) is 0 Å². The van der Waals surface area contributed by atoms with Crippen LogP contribution >= 0.6 is 0 Å². The van der Waals surface area contributed by atoms with Crippen LogP contribution in [0.5, 0.6) is 11.5 Å². The largest absolute Gasteiger partial charge is 0.507 e. The number of benzene rings is 1. The van der Waals surface area contributed by atoms with Crippen LogP contribution in [0.1, 0.15) is 48.4 Å². The molecular formula is C19H25NO5. The number of ether oxygens (including phenoxy) is 1. The van der Waals surface area contributed by atoms with Gasteiger partial charge < -0.3 is 19.8 Å². The van der Waals surface area contributed by atoms with Gasteiger partial charge in [0.05, 0.1) is 0 Å². The summed E-state index contributed by atoms with van der Waals surface area (Å²) in [5.74, 6) is -0.287. The monoisotopic (exact) mass is 347 g/mol. The molecule has 2 N–H and O–H groups in total. The second kappa shape index (κ2) is 5.93. The van der Waals surface area contributed by atoms with Gasteiger partial charge >= 0.3 is 5.97 Å². The maximum Gasteiger partial charge on any atom is 0.326 e. The van der Waals surface area contributed by atoms with E-state index in [0.717, 1.165) is 22.3 Å². The van der Waals surface area contributed by atoms with E-state index in [2.05, 4.69) is 0 Å². The molecule has 2 aliphatic rings. The highest BCUT2D eigenvalue weighted by Gasteiger charge is 2.47. The predicted molar refractivity (Wildman–Crippen MR) is 92.0 cm³/mol. The van der Waals surface area contributed by atoms with Crippen molar-refractivity contribution in [2.24, 2.45) is 0 Å². The van der Waals surface area contributed by atoms with E-state index in [4.69, 9.17) is 4.74 Å². The van der Waals surface area contributed by atoms with Crippen molar-refractivity contribution in [3.8, 4) is 11.5 Å². The molecule has 0 unspecified atom stereocenters. The van der Waals surface area contributed by atoms with Crippen molar-refractivity contribution < 1.29 is 24.5 Å². The second-order valence-electron chi connectivity index (χ2n) is 7.36. The van der Waals surface area contributed by atoms with Crippen molar-refractivity contribution in [3.05, 3.63) is 22.3 Å². The first-order valence-electron chi connectivity index (χ1n) is 8.72. The van der Waals surface area contributed by atoms with Crippen molar-refractivity contribution in [3.63, 3.8) is 0 Å². The van der Waals surface area contributed by atoms with E-state index < -0.39 is 17.6 Å². The average molecular weight is 347 g/mol. The molecule has 1 saturated heterocycles. The van der Waals surface area contributed by atoms with Gasteiger partial charge in [0.1, 0.15) is 17.5 Å². The number of amides is 1. The number of rotatable bonds is 2. The Morgan fingerprint density at radius 2 is 1.88 bits per heavy atom. The molecule has 0 saturated carbocycles. The molecule has 0 aliphatic carbocycles. The molecule has 1 amide bonds. The Bertz CT molecular complexity index is 757. The van der Waals surface area contributed by atoms with Gasteiger partial charge in [-0.1, -0.05) is 0 Å². The van der Waals surface area contributed by atoms with Crippen molar-refractivity contribution >= 4 is 11.9 Å². The molecule has 3 rings (SSSR count). The Kier molecular flexibility index (Phi) is 4.17. The summed E-state index contributed by atoms with van der Waals surface area (Å²) < 4.78 is 6.17. The summed E-state index contributed by atoms with van der Waals surface area (Å²) in [4.78, 5) is 26.0. The average Bonchev–Trinajstić information content (AvgIpc) is 3.07. The Labute approximate surface area is 147 Å². The summed E-state index contributed by atoms with van der Waals surface area (Å²) in [6.45, 7) is 7.76. The third-order valence-electron chi connectivity index (χ3n) is 5.77. The first kappa shape index (κ1) is 17.6. The lowest BCUT2D eigenvalue weighted by Crippen LogP contribution is -2.55. The third kappa shape index (κ3) is 2.64. The molecular weight excluding hydrogens is 322 g/mol. The van der Waals surface area contributed by atoms with Crippen LogP contribution in [0.4, 0.5) is 0 Å². The molecule has 2 atom stereocenters. The lowest BCUT2D eigenvalue weighted by Gasteiger charge is -2.39. The number of fused-ring (bicyclic) bond motifs is 1. The van der Waals surface area contributed by atoms with Gasteiger partial charge in [-0.15, -0.1) is 0 Å². The Balaban J connectivity index is 1.96. The van der Waals surface area contributed by atoms with E-state index in [9.17, 15) is 19.8 Å². The standard InChI is InChI=1S/C19H25NO5/c1-10-11(2)16-13(12(3)15(10)21)7-8-19(4,25-16)18(24)20-9-5-6-14(20)17(22)23/h14,21H,5-9H2,1-4H3,(H,22,23)/t14-,19+/m0/s1. The van der Waals surface area contributed by atoms with Crippen molar-refractivity contribution in [2.75, 3.05) is 6.54 Å². The van der Waals surface area contributed by atoms with Crippen LogP contribution in [-0.2, 0) is 16.0 Å². The predicted octanol–water partition coefficient (Wildman–Crippen LogP) is 2.48. The normalized spacial score (nSPS) is 25.4. The van der Waals surface area contributed by atoms with E-state index in [1.165, 1.54) is 4.90 Å². The number of aromatic hydroxyl groups is 1. The van der Waals surface area contributed by atoms with Crippen LogP contribution in [0.15, 0.2) is 0 Å². The summed E-state index contributed by atoms with van der Waals surface area (Å²) in [5, 5.41) is 19.6. The number of carbonyl (C=O) groups is 2. The van der Waals surface area contributed by atoms with E-state index in [0.29, 0.717) is 38.0 Å². The molecule has 1 fully saturated rings. The molecule has 1 aromatic carbocycles. The van der Waals surface area contributed by atoms with E-state index in [1.807, 2.05) is 20.8 Å². The van der Waals surface area contributed by atoms with E-state index >= 15 is 0 Å². The summed E-state index contributed by atoms with van der Waals surface area (Å²) in [6, 6.07) is -0.765. The van der Waals surface area contributed by atoms with Gasteiger partial charge in [0.2, 0.25) is 0 Å². The zero-order chi connectivity index (χ0) is 18.5. The minimum atomic E-state index is -1.08. The van der Waals surface area contributed by atoms with Crippen molar-refractivity contribution in [1.29, 1.82) is 0 Å². The van der Waals surface area contributed by atoms with Crippen molar-refractivity contribution in [2.45, 2.75) is 65.0 Å². The van der Waals surface area contributed by atoms with Crippen LogP contribution < -0.4 is 4.74 Å². The SMILES string of the molecule is Cc1c(C)c2c(c(C)c1O)CC[C@](C)(C(=O)N1CCC[C@H]1C(=O)O)O2. The summed E-state index contributed by atoms with van der Waals surface area (Å²) in [5.41, 5.74) is 2.22. The zero-order valence-electron chi connectivity index (χ0n) is 15.2. The molecule has 0 bridgehead atoms. The molecule has 0 spiro atoms. The summed E-state index contributed by atoms with van der Waals surface area (Å²) >= 11 is 0. The number of aliphatic carboxylic acids is 1. The molecule has 136 valence electrons. The number of nitrogens with zero attached hydrogens (tertiary/aromatic N) is 1. The van der Waals surface area contributed by atoms with Crippen LogP contribution in [0, 0.1) is 20.8 Å². The van der Waals surface area contributed by atoms with Gasteiger partial charge in [0.15, 0.2) is 5.60 Å². The van der Waals surface area contributed by atoms with Gasteiger partial charge in [0, 0.05) is 18.5 Å². The first-order valence-corrected chi connectivity index (χ1v) is 8.72. The smallest absolute Gasteiger partial charge is 0.326 e. The maximum absolute atomic E-state index is 13.1. The van der Waals surface area contributed by atoms with Gasteiger partial charge in [-0.2, -0.15) is 0 Å².